The Labute approximate surface area is 162 Å². The van der Waals surface area contributed by atoms with Crippen LogP contribution in [0, 0.1) is 6.92 Å². The molecule has 27 heavy (non-hydrogen) atoms. The van der Waals surface area contributed by atoms with Crippen molar-refractivity contribution < 1.29 is 4.79 Å². The third-order valence-electron chi connectivity index (χ3n) is 3.94. The van der Waals surface area contributed by atoms with Crippen LogP contribution in [0.1, 0.15) is 12.5 Å². The quantitative estimate of drug-likeness (QED) is 0.497. The van der Waals surface area contributed by atoms with Gasteiger partial charge in [0.25, 0.3) is 0 Å². The van der Waals surface area contributed by atoms with E-state index in [0.29, 0.717) is 11.7 Å². The number of hydrogen-bond acceptors (Lipinski definition) is 5. The summed E-state index contributed by atoms with van der Waals surface area (Å²) in [6.45, 7) is 8.23. The van der Waals surface area contributed by atoms with Crippen molar-refractivity contribution in [1.29, 1.82) is 0 Å². The van der Waals surface area contributed by atoms with Gasteiger partial charge in [0.05, 0.1) is 5.25 Å². The van der Waals surface area contributed by atoms with Crippen LogP contribution in [0.4, 0.5) is 5.69 Å². The molecular formula is C20H21N5OS. The maximum atomic E-state index is 12.5. The second kappa shape index (κ2) is 8.64. The molecule has 1 atom stereocenters. The molecule has 6 nitrogen and oxygen atoms in total. The van der Waals surface area contributed by atoms with E-state index in [9.17, 15) is 4.79 Å². The maximum Gasteiger partial charge on any atom is 0.237 e. The number of carbonyl (C=O) groups excluding carboxylic acids is 1. The molecule has 0 saturated carbocycles. The van der Waals surface area contributed by atoms with Crippen molar-refractivity contribution in [3.05, 3.63) is 67.0 Å². The Kier molecular flexibility index (Phi) is 6.03. The first kappa shape index (κ1) is 18.8. The highest BCUT2D eigenvalue weighted by Gasteiger charge is 2.20. The number of aromatic nitrogens is 4. The van der Waals surface area contributed by atoms with E-state index in [0.717, 1.165) is 22.6 Å². The average Bonchev–Trinajstić information content (AvgIpc) is 3.07. The predicted molar refractivity (Wildman–Crippen MR) is 109 cm³/mol. The predicted octanol–water partition coefficient (Wildman–Crippen LogP) is 3.95. The molecule has 1 amide bonds. The number of allylic oxidation sites excluding steroid dienone is 1. The first-order valence-electron chi connectivity index (χ1n) is 8.57. The number of nitrogens with one attached hydrogen (secondary N) is 1. The van der Waals surface area contributed by atoms with Gasteiger partial charge in [-0.1, -0.05) is 35.5 Å². The van der Waals surface area contributed by atoms with E-state index in [2.05, 4.69) is 27.1 Å². The highest BCUT2D eigenvalue weighted by molar-refractivity contribution is 8.00. The summed E-state index contributed by atoms with van der Waals surface area (Å²) >= 11 is 1.37. The molecular weight excluding hydrogens is 358 g/mol. The first-order chi connectivity index (χ1) is 13.1. The van der Waals surface area contributed by atoms with Gasteiger partial charge in [-0.15, -0.1) is 16.8 Å². The zero-order valence-corrected chi connectivity index (χ0v) is 16.1. The number of carbonyl (C=O) groups is 1. The SMILES string of the molecule is C=CCn1c(S[C@H](C)C(=O)Nc2ccc(C)cc2)nnc1-c1ccncc1. The first-order valence-corrected chi connectivity index (χ1v) is 9.45. The molecule has 0 unspecified atom stereocenters. The molecule has 0 spiro atoms. The number of nitrogens with zero attached hydrogens (tertiary/aromatic N) is 4. The topological polar surface area (TPSA) is 72.7 Å². The van der Waals surface area contributed by atoms with Crippen LogP contribution in [0.15, 0.2) is 66.6 Å². The lowest BCUT2D eigenvalue weighted by atomic mass is 10.2. The summed E-state index contributed by atoms with van der Waals surface area (Å²) in [7, 11) is 0. The van der Waals surface area contributed by atoms with Crippen LogP contribution in [0.25, 0.3) is 11.4 Å². The van der Waals surface area contributed by atoms with Gasteiger partial charge in [-0.05, 0) is 38.1 Å². The fourth-order valence-electron chi connectivity index (χ4n) is 2.48. The minimum atomic E-state index is -0.329. The van der Waals surface area contributed by atoms with Crippen LogP contribution in [0.5, 0.6) is 0 Å². The van der Waals surface area contributed by atoms with Gasteiger partial charge in [-0.2, -0.15) is 0 Å². The van der Waals surface area contributed by atoms with Gasteiger partial charge in [0.2, 0.25) is 5.91 Å². The second-order valence-electron chi connectivity index (χ2n) is 6.06. The Morgan fingerprint density at radius 1 is 1.22 bits per heavy atom. The molecule has 7 heteroatoms. The highest BCUT2D eigenvalue weighted by atomic mass is 32.2. The molecule has 0 fully saturated rings. The Morgan fingerprint density at radius 3 is 2.59 bits per heavy atom. The van der Waals surface area contributed by atoms with Crippen molar-refractivity contribution >= 4 is 23.4 Å². The molecule has 0 aliphatic carbocycles. The van der Waals surface area contributed by atoms with Crippen LogP contribution >= 0.6 is 11.8 Å². The van der Waals surface area contributed by atoms with E-state index in [1.807, 2.05) is 54.8 Å². The van der Waals surface area contributed by atoms with Gasteiger partial charge >= 0.3 is 0 Å². The summed E-state index contributed by atoms with van der Waals surface area (Å²) in [5.41, 5.74) is 2.85. The maximum absolute atomic E-state index is 12.5. The van der Waals surface area contributed by atoms with Crippen LogP contribution in [-0.4, -0.2) is 30.9 Å². The lowest BCUT2D eigenvalue weighted by Crippen LogP contribution is -2.23. The minimum Gasteiger partial charge on any atom is -0.325 e. The second-order valence-corrected chi connectivity index (χ2v) is 7.36. The van der Waals surface area contributed by atoms with Crippen LogP contribution in [0.3, 0.4) is 0 Å². The summed E-state index contributed by atoms with van der Waals surface area (Å²) < 4.78 is 1.95. The van der Waals surface area contributed by atoms with E-state index < -0.39 is 0 Å². The lowest BCUT2D eigenvalue weighted by Gasteiger charge is -2.13. The molecule has 0 saturated heterocycles. The van der Waals surface area contributed by atoms with Crippen LogP contribution in [0.2, 0.25) is 0 Å². The standard InChI is InChI=1S/C20H21N5OS/c1-4-13-25-18(16-9-11-21-12-10-16)23-24-20(25)27-15(3)19(26)22-17-7-5-14(2)6-8-17/h4-12,15H,1,13H2,2-3H3,(H,22,26)/t15-/m1/s1. The molecule has 0 bridgehead atoms. The zero-order chi connectivity index (χ0) is 19.2. The van der Waals surface area contributed by atoms with Gasteiger partial charge < -0.3 is 5.32 Å². The van der Waals surface area contributed by atoms with Gasteiger partial charge in [-0.3, -0.25) is 14.3 Å². The Bertz CT molecular complexity index is 921. The Hall–Kier alpha value is -2.93. The molecule has 1 aromatic carbocycles. The average molecular weight is 379 g/mol. The van der Waals surface area contributed by atoms with Crippen molar-refractivity contribution in [1.82, 2.24) is 19.7 Å². The molecule has 1 N–H and O–H groups in total. The summed E-state index contributed by atoms with van der Waals surface area (Å²) in [5.74, 6) is 0.647. The van der Waals surface area contributed by atoms with Crippen molar-refractivity contribution in [3.63, 3.8) is 0 Å². The van der Waals surface area contributed by atoms with Gasteiger partial charge in [0.1, 0.15) is 0 Å². The molecule has 0 aliphatic heterocycles. The molecule has 0 radical (unpaired) electrons. The molecule has 0 aliphatic rings. The summed E-state index contributed by atoms with van der Waals surface area (Å²) in [6, 6.07) is 11.5. The normalized spacial score (nSPS) is 11.8. The molecule has 3 aromatic rings. The number of thioether (sulfide) groups is 1. The summed E-state index contributed by atoms with van der Waals surface area (Å²) in [6.07, 6.45) is 5.22. The highest BCUT2D eigenvalue weighted by Crippen LogP contribution is 2.27. The van der Waals surface area contributed by atoms with Gasteiger partial charge in [-0.25, -0.2) is 0 Å². The van der Waals surface area contributed by atoms with Crippen molar-refractivity contribution in [2.75, 3.05) is 5.32 Å². The smallest absolute Gasteiger partial charge is 0.237 e. The molecule has 2 heterocycles. The third-order valence-corrected chi connectivity index (χ3v) is 5.02. The molecule has 138 valence electrons. The van der Waals surface area contributed by atoms with Crippen molar-refractivity contribution in [2.24, 2.45) is 0 Å². The summed E-state index contributed by atoms with van der Waals surface area (Å²) in [4.78, 5) is 16.6. The van der Waals surface area contributed by atoms with Crippen LogP contribution < -0.4 is 5.32 Å². The number of pyridine rings is 1. The van der Waals surface area contributed by atoms with E-state index >= 15 is 0 Å². The van der Waals surface area contributed by atoms with Gasteiger partial charge in [0, 0.05) is 30.2 Å². The van der Waals surface area contributed by atoms with Gasteiger partial charge in [0.15, 0.2) is 11.0 Å². The minimum absolute atomic E-state index is 0.0810. The Balaban J connectivity index is 1.76. The number of benzene rings is 1. The largest absolute Gasteiger partial charge is 0.325 e. The molecule has 3 rings (SSSR count). The number of hydrogen-bond donors (Lipinski definition) is 1. The van der Waals surface area contributed by atoms with Crippen molar-refractivity contribution in [2.45, 2.75) is 30.8 Å². The Morgan fingerprint density at radius 2 is 1.93 bits per heavy atom. The third kappa shape index (κ3) is 4.62. The van der Waals surface area contributed by atoms with Crippen molar-refractivity contribution in [3.8, 4) is 11.4 Å². The number of rotatable bonds is 7. The van der Waals surface area contributed by atoms with E-state index in [4.69, 9.17) is 0 Å². The monoisotopic (exact) mass is 379 g/mol. The van der Waals surface area contributed by atoms with Crippen LogP contribution in [-0.2, 0) is 11.3 Å². The number of amides is 1. The summed E-state index contributed by atoms with van der Waals surface area (Å²) in [5, 5.41) is 11.9. The lowest BCUT2D eigenvalue weighted by molar-refractivity contribution is -0.115. The van der Waals surface area contributed by atoms with E-state index in [1.165, 1.54) is 11.8 Å². The van der Waals surface area contributed by atoms with E-state index in [-0.39, 0.29) is 11.2 Å². The zero-order valence-electron chi connectivity index (χ0n) is 15.3. The fourth-order valence-corrected chi connectivity index (χ4v) is 3.33. The number of anilines is 1. The fraction of sp³-hybridized carbons (Fsp3) is 0.200. The molecule has 2 aromatic heterocycles. The van der Waals surface area contributed by atoms with E-state index in [1.54, 1.807) is 18.5 Å². The number of aryl methyl sites for hydroxylation is 1.